The number of hydrogen-bond acceptors (Lipinski definition) is 2. The molecule has 122 valence electrons. The van der Waals surface area contributed by atoms with Crippen LogP contribution >= 0.6 is 0 Å². The first-order chi connectivity index (χ1) is 10.6. The summed E-state index contributed by atoms with van der Waals surface area (Å²) in [5.74, 6) is 3.00. The molecule has 0 aromatic carbocycles. The zero-order chi connectivity index (χ0) is 15.3. The Bertz CT molecular complexity index is 482. The summed E-state index contributed by atoms with van der Waals surface area (Å²) in [7, 11) is 0. The van der Waals surface area contributed by atoms with E-state index < -0.39 is 0 Å². The molecule has 1 saturated heterocycles. The average molecular weight is 303 g/mol. The summed E-state index contributed by atoms with van der Waals surface area (Å²) in [5, 5.41) is 0. The molecule has 5 unspecified atom stereocenters. The zero-order valence-corrected chi connectivity index (χ0v) is 13.9. The standard InChI is InChI=1S/C19H29NO2/c1-13(2)19(22-18(21)20-9-4-3-5-10-20)12-14-11-17(19)16-8-6-7-15(14)16/h14-17H,1,3-12H2,2H3. The van der Waals surface area contributed by atoms with Gasteiger partial charge in [0.05, 0.1) is 0 Å². The Kier molecular flexibility index (Phi) is 3.50. The van der Waals surface area contributed by atoms with E-state index in [1.807, 2.05) is 4.90 Å². The third-order valence-electron chi connectivity index (χ3n) is 7.07. The van der Waals surface area contributed by atoms with Crippen molar-refractivity contribution in [2.45, 2.75) is 63.9 Å². The van der Waals surface area contributed by atoms with Gasteiger partial charge in [0.15, 0.2) is 0 Å². The fourth-order valence-corrected chi connectivity index (χ4v) is 6.08. The Labute approximate surface area is 134 Å². The second-order valence-corrected chi connectivity index (χ2v) is 8.15. The topological polar surface area (TPSA) is 29.5 Å². The highest BCUT2D eigenvalue weighted by Gasteiger charge is 2.63. The number of carbonyl (C=O) groups is 1. The van der Waals surface area contributed by atoms with Crippen molar-refractivity contribution < 1.29 is 9.53 Å². The maximum Gasteiger partial charge on any atom is 0.410 e. The molecule has 0 radical (unpaired) electrons. The van der Waals surface area contributed by atoms with Crippen molar-refractivity contribution in [3.63, 3.8) is 0 Å². The molecule has 0 aromatic heterocycles. The summed E-state index contributed by atoms with van der Waals surface area (Å²) in [4.78, 5) is 14.6. The van der Waals surface area contributed by atoms with E-state index in [1.54, 1.807) is 0 Å². The second kappa shape index (κ2) is 5.28. The largest absolute Gasteiger partial charge is 0.438 e. The van der Waals surface area contributed by atoms with Crippen LogP contribution in [-0.4, -0.2) is 29.7 Å². The summed E-state index contributed by atoms with van der Waals surface area (Å²) in [6.07, 6.45) is 9.80. The molecule has 0 spiro atoms. The molecule has 3 nitrogen and oxygen atoms in total. The molecule has 4 rings (SSSR count). The molecule has 22 heavy (non-hydrogen) atoms. The highest BCUT2D eigenvalue weighted by Crippen LogP contribution is 2.65. The van der Waals surface area contributed by atoms with Crippen molar-refractivity contribution in [2.24, 2.45) is 23.7 Å². The molecule has 5 atom stereocenters. The number of piperidine rings is 1. The molecule has 2 bridgehead atoms. The van der Waals surface area contributed by atoms with Crippen LogP contribution in [0.25, 0.3) is 0 Å². The van der Waals surface area contributed by atoms with Gasteiger partial charge in [-0.3, -0.25) is 0 Å². The third-order valence-corrected chi connectivity index (χ3v) is 7.07. The second-order valence-electron chi connectivity index (χ2n) is 8.15. The van der Waals surface area contributed by atoms with Gasteiger partial charge >= 0.3 is 6.09 Å². The molecule has 3 aliphatic carbocycles. The molecule has 4 aliphatic rings. The lowest BCUT2D eigenvalue weighted by Gasteiger charge is -2.44. The molecular weight excluding hydrogens is 274 g/mol. The quantitative estimate of drug-likeness (QED) is 0.708. The fraction of sp³-hybridized carbons (Fsp3) is 0.842. The Balaban J connectivity index is 1.54. The van der Waals surface area contributed by atoms with Gasteiger partial charge in [0.1, 0.15) is 5.60 Å². The number of amides is 1. The number of nitrogens with zero attached hydrogens (tertiary/aromatic N) is 1. The average Bonchev–Trinajstić information content (AvgIpc) is 3.19. The van der Waals surface area contributed by atoms with Crippen LogP contribution in [0.15, 0.2) is 12.2 Å². The van der Waals surface area contributed by atoms with Crippen molar-refractivity contribution in [3.05, 3.63) is 12.2 Å². The minimum Gasteiger partial charge on any atom is -0.438 e. The molecule has 4 fully saturated rings. The van der Waals surface area contributed by atoms with E-state index in [4.69, 9.17) is 4.74 Å². The van der Waals surface area contributed by atoms with Gasteiger partial charge in [-0.15, -0.1) is 0 Å². The van der Waals surface area contributed by atoms with Gasteiger partial charge in [0.25, 0.3) is 0 Å². The zero-order valence-electron chi connectivity index (χ0n) is 13.9. The first-order valence-electron chi connectivity index (χ1n) is 9.26. The fourth-order valence-electron chi connectivity index (χ4n) is 6.08. The van der Waals surface area contributed by atoms with Gasteiger partial charge < -0.3 is 9.64 Å². The van der Waals surface area contributed by atoms with Crippen molar-refractivity contribution in [2.75, 3.05) is 13.1 Å². The van der Waals surface area contributed by atoms with Gasteiger partial charge in [-0.2, -0.15) is 0 Å². The van der Waals surface area contributed by atoms with E-state index in [0.29, 0.717) is 5.92 Å². The molecule has 3 heteroatoms. The van der Waals surface area contributed by atoms with E-state index in [1.165, 1.54) is 32.1 Å². The SMILES string of the molecule is C=C(C)C1(OC(=O)N2CCCCC2)CC2CC1C1CCCC21. The van der Waals surface area contributed by atoms with Crippen LogP contribution in [0.5, 0.6) is 0 Å². The smallest absolute Gasteiger partial charge is 0.410 e. The van der Waals surface area contributed by atoms with Crippen LogP contribution in [0.1, 0.15) is 58.3 Å². The van der Waals surface area contributed by atoms with Gasteiger partial charge in [0, 0.05) is 19.0 Å². The molecular formula is C19H29NO2. The number of rotatable bonds is 2. The lowest BCUT2D eigenvalue weighted by molar-refractivity contribution is -0.0453. The van der Waals surface area contributed by atoms with E-state index in [0.717, 1.165) is 55.7 Å². The van der Waals surface area contributed by atoms with E-state index in [-0.39, 0.29) is 11.7 Å². The Morgan fingerprint density at radius 2 is 1.86 bits per heavy atom. The monoisotopic (exact) mass is 303 g/mol. The number of likely N-dealkylation sites (tertiary alicyclic amines) is 1. The van der Waals surface area contributed by atoms with Crippen LogP contribution in [0.2, 0.25) is 0 Å². The summed E-state index contributed by atoms with van der Waals surface area (Å²) >= 11 is 0. The Hall–Kier alpha value is -0.990. The third kappa shape index (κ3) is 2.04. The normalized spacial score (nSPS) is 43.2. The number of ether oxygens (including phenoxy) is 1. The van der Waals surface area contributed by atoms with Crippen LogP contribution < -0.4 is 0 Å². The predicted molar refractivity (Wildman–Crippen MR) is 86.5 cm³/mol. The lowest BCUT2D eigenvalue weighted by atomic mass is 9.70. The summed E-state index contributed by atoms with van der Waals surface area (Å²) in [6.45, 7) is 8.05. The molecule has 1 amide bonds. The van der Waals surface area contributed by atoms with E-state index in [9.17, 15) is 4.79 Å². The number of carbonyl (C=O) groups excluding carboxylic acids is 1. The number of hydrogen-bond donors (Lipinski definition) is 0. The minimum atomic E-state index is -0.356. The van der Waals surface area contributed by atoms with Crippen molar-refractivity contribution in [1.82, 2.24) is 4.90 Å². The minimum absolute atomic E-state index is 0.0789. The molecule has 3 saturated carbocycles. The Morgan fingerprint density at radius 3 is 2.59 bits per heavy atom. The van der Waals surface area contributed by atoms with Gasteiger partial charge in [0.2, 0.25) is 0 Å². The first-order valence-corrected chi connectivity index (χ1v) is 9.26. The molecule has 0 aromatic rings. The van der Waals surface area contributed by atoms with Crippen LogP contribution in [-0.2, 0) is 4.74 Å². The predicted octanol–water partition coefficient (Wildman–Crippen LogP) is 4.38. The lowest BCUT2D eigenvalue weighted by Crippen LogP contribution is -2.49. The maximum atomic E-state index is 12.7. The highest BCUT2D eigenvalue weighted by atomic mass is 16.6. The van der Waals surface area contributed by atoms with Crippen molar-refractivity contribution in [1.29, 1.82) is 0 Å². The van der Waals surface area contributed by atoms with Gasteiger partial charge in [-0.05, 0) is 75.2 Å². The van der Waals surface area contributed by atoms with Crippen LogP contribution in [0, 0.1) is 23.7 Å². The molecule has 1 aliphatic heterocycles. The van der Waals surface area contributed by atoms with E-state index in [2.05, 4.69) is 13.5 Å². The first kappa shape index (κ1) is 14.6. The summed E-state index contributed by atoms with van der Waals surface area (Å²) < 4.78 is 6.23. The summed E-state index contributed by atoms with van der Waals surface area (Å²) in [6, 6.07) is 0. The highest BCUT2D eigenvalue weighted by molar-refractivity contribution is 5.69. The maximum absolute atomic E-state index is 12.7. The molecule has 1 heterocycles. The van der Waals surface area contributed by atoms with Crippen molar-refractivity contribution >= 4 is 6.09 Å². The summed E-state index contributed by atoms with van der Waals surface area (Å²) in [5.41, 5.74) is 0.723. The Morgan fingerprint density at radius 1 is 1.14 bits per heavy atom. The van der Waals surface area contributed by atoms with Gasteiger partial charge in [-0.1, -0.05) is 13.0 Å². The van der Waals surface area contributed by atoms with Crippen LogP contribution in [0.3, 0.4) is 0 Å². The van der Waals surface area contributed by atoms with Gasteiger partial charge in [-0.25, -0.2) is 4.79 Å². The van der Waals surface area contributed by atoms with E-state index >= 15 is 0 Å². The van der Waals surface area contributed by atoms with Crippen LogP contribution in [0.4, 0.5) is 4.79 Å². The van der Waals surface area contributed by atoms with Crippen molar-refractivity contribution in [3.8, 4) is 0 Å². The number of fused-ring (bicyclic) bond motifs is 5. The molecule has 0 N–H and O–H groups in total.